The number of H-pyrrole nitrogens is 1. The summed E-state index contributed by atoms with van der Waals surface area (Å²) in [6, 6.07) is 8.28. The smallest absolute Gasteiger partial charge is 0.223 e. The lowest BCUT2D eigenvalue weighted by Crippen LogP contribution is -2.27. The Bertz CT molecular complexity index is 578. The number of rotatable bonds is 3. The Kier molecular flexibility index (Phi) is 3.12. The number of aromatic amines is 1. The third-order valence-corrected chi connectivity index (χ3v) is 4.11. The molecule has 2 heterocycles. The second-order valence-corrected chi connectivity index (χ2v) is 6.05. The second kappa shape index (κ2) is 4.76. The molecule has 1 fully saturated rings. The van der Waals surface area contributed by atoms with E-state index in [0.29, 0.717) is 11.2 Å². The van der Waals surface area contributed by atoms with Crippen molar-refractivity contribution in [3.05, 3.63) is 36.0 Å². The average Bonchev–Trinajstić information content (AvgIpc) is 2.90. The molecule has 3 rings (SSSR count). The summed E-state index contributed by atoms with van der Waals surface area (Å²) in [5, 5.41) is 1.26. The highest BCUT2D eigenvalue weighted by Gasteiger charge is 2.27. The van der Waals surface area contributed by atoms with Gasteiger partial charge in [-0.1, -0.05) is 34.1 Å². The molecule has 1 saturated heterocycles. The van der Waals surface area contributed by atoms with Crippen LogP contribution in [0.5, 0.6) is 0 Å². The third kappa shape index (κ3) is 2.17. The number of carbonyl (C=O) groups is 1. The van der Waals surface area contributed by atoms with E-state index in [9.17, 15) is 4.79 Å². The van der Waals surface area contributed by atoms with E-state index in [4.69, 9.17) is 0 Å². The van der Waals surface area contributed by atoms with E-state index in [0.717, 1.165) is 19.5 Å². The van der Waals surface area contributed by atoms with Gasteiger partial charge in [0.25, 0.3) is 0 Å². The maximum atomic E-state index is 11.7. The molecule has 0 radical (unpaired) electrons. The number of benzene rings is 1. The second-order valence-electron chi connectivity index (χ2n) is 4.75. The molecule has 0 spiro atoms. The highest BCUT2D eigenvalue weighted by atomic mass is 79.9. The maximum absolute atomic E-state index is 11.7. The molecule has 3 nitrogen and oxygen atoms in total. The van der Waals surface area contributed by atoms with Crippen molar-refractivity contribution in [3.63, 3.8) is 0 Å². The minimum Gasteiger partial charge on any atom is -0.361 e. The largest absolute Gasteiger partial charge is 0.361 e. The van der Waals surface area contributed by atoms with Gasteiger partial charge in [0.05, 0.1) is 0 Å². The predicted molar refractivity (Wildman–Crippen MR) is 75.9 cm³/mol. The van der Waals surface area contributed by atoms with Crippen LogP contribution in [-0.4, -0.2) is 33.7 Å². The summed E-state index contributed by atoms with van der Waals surface area (Å²) in [5.74, 6) is 0.261. The number of alkyl halides is 1. The number of aromatic nitrogens is 1. The van der Waals surface area contributed by atoms with Gasteiger partial charge in [-0.15, -0.1) is 0 Å². The molecule has 0 bridgehead atoms. The molecule has 1 aliphatic rings. The zero-order chi connectivity index (χ0) is 12.5. The molecular formula is C14H15BrN2O. The van der Waals surface area contributed by atoms with Crippen molar-refractivity contribution in [2.75, 3.05) is 13.1 Å². The lowest BCUT2D eigenvalue weighted by atomic mass is 10.1. The minimum absolute atomic E-state index is 0.261. The van der Waals surface area contributed by atoms with Crippen LogP contribution < -0.4 is 0 Å². The molecule has 1 unspecified atom stereocenters. The van der Waals surface area contributed by atoms with Crippen LogP contribution in [0.3, 0.4) is 0 Å². The standard InChI is InChI=1S/C14H15BrN2O/c15-11-7-14(18)17(9-11)6-5-10-8-16-13-4-2-1-3-12(10)13/h1-4,8,11,16H,5-7,9H2. The number of halogens is 1. The van der Waals surface area contributed by atoms with Gasteiger partial charge >= 0.3 is 0 Å². The number of hydrogen-bond acceptors (Lipinski definition) is 1. The Hall–Kier alpha value is -1.29. The van der Waals surface area contributed by atoms with E-state index in [1.165, 1.54) is 16.5 Å². The first-order valence-electron chi connectivity index (χ1n) is 6.21. The average molecular weight is 307 g/mol. The number of nitrogens with zero attached hydrogens (tertiary/aromatic N) is 1. The summed E-state index contributed by atoms with van der Waals surface area (Å²) in [5.41, 5.74) is 2.45. The molecule has 1 amide bonds. The van der Waals surface area contributed by atoms with Crippen molar-refractivity contribution in [2.45, 2.75) is 17.7 Å². The molecule has 2 aromatic rings. The minimum atomic E-state index is 0.261. The zero-order valence-corrected chi connectivity index (χ0v) is 11.6. The van der Waals surface area contributed by atoms with Crippen LogP contribution in [0.4, 0.5) is 0 Å². The number of nitrogens with one attached hydrogen (secondary N) is 1. The van der Waals surface area contributed by atoms with E-state index in [1.54, 1.807) is 0 Å². The van der Waals surface area contributed by atoms with Crippen molar-refractivity contribution in [1.29, 1.82) is 0 Å². The van der Waals surface area contributed by atoms with Gasteiger partial charge in [0.1, 0.15) is 0 Å². The zero-order valence-electron chi connectivity index (χ0n) is 10.0. The van der Waals surface area contributed by atoms with E-state index in [2.05, 4.69) is 45.3 Å². The summed E-state index contributed by atoms with van der Waals surface area (Å²) >= 11 is 3.51. The highest BCUT2D eigenvalue weighted by molar-refractivity contribution is 9.09. The van der Waals surface area contributed by atoms with Gasteiger partial charge in [0.15, 0.2) is 0 Å². The first-order valence-corrected chi connectivity index (χ1v) is 7.12. The van der Waals surface area contributed by atoms with Gasteiger partial charge in [0, 0.05) is 41.4 Å². The molecule has 1 aromatic carbocycles. The Morgan fingerprint density at radius 2 is 2.22 bits per heavy atom. The molecule has 18 heavy (non-hydrogen) atoms. The first kappa shape index (κ1) is 11.8. The molecule has 1 atom stereocenters. The van der Waals surface area contributed by atoms with Crippen LogP contribution in [0.1, 0.15) is 12.0 Å². The van der Waals surface area contributed by atoms with Crippen LogP contribution in [0.15, 0.2) is 30.5 Å². The number of para-hydroxylation sites is 1. The summed E-state index contributed by atoms with van der Waals surface area (Å²) in [6.45, 7) is 1.64. The number of amides is 1. The molecule has 94 valence electrons. The van der Waals surface area contributed by atoms with Gasteiger partial charge in [-0.3, -0.25) is 4.79 Å². The van der Waals surface area contributed by atoms with Crippen LogP contribution in [0, 0.1) is 0 Å². The van der Waals surface area contributed by atoms with Crippen LogP contribution in [0.2, 0.25) is 0 Å². The van der Waals surface area contributed by atoms with Crippen molar-refractivity contribution >= 4 is 32.7 Å². The van der Waals surface area contributed by atoms with E-state index >= 15 is 0 Å². The van der Waals surface area contributed by atoms with Crippen molar-refractivity contribution in [1.82, 2.24) is 9.88 Å². The van der Waals surface area contributed by atoms with Gasteiger partial charge in [-0.05, 0) is 18.1 Å². The topological polar surface area (TPSA) is 36.1 Å². The van der Waals surface area contributed by atoms with Gasteiger partial charge < -0.3 is 9.88 Å². The summed E-state index contributed by atoms with van der Waals surface area (Å²) < 4.78 is 0. The fourth-order valence-electron chi connectivity index (χ4n) is 2.53. The van der Waals surface area contributed by atoms with Crippen molar-refractivity contribution in [2.24, 2.45) is 0 Å². The van der Waals surface area contributed by atoms with E-state index < -0.39 is 0 Å². The third-order valence-electron chi connectivity index (χ3n) is 3.49. The summed E-state index contributed by atoms with van der Waals surface area (Å²) in [4.78, 5) is 17.2. The molecule has 1 aromatic heterocycles. The number of carbonyl (C=O) groups excluding carboxylic acids is 1. The molecular weight excluding hydrogens is 292 g/mol. The number of fused-ring (bicyclic) bond motifs is 1. The lowest BCUT2D eigenvalue weighted by molar-refractivity contribution is -0.127. The fourth-order valence-corrected chi connectivity index (χ4v) is 3.16. The molecule has 0 saturated carbocycles. The first-order chi connectivity index (χ1) is 8.74. The van der Waals surface area contributed by atoms with Crippen molar-refractivity contribution < 1.29 is 4.79 Å². The normalized spacial score (nSPS) is 19.9. The monoisotopic (exact) mass is 306 g/mol. The Morgan fingerprint density at radius 3 is 3.00 bits per heavy atom. The van der Waals surface area contributed by atoms with Crippen molar-refractivity contribution in [3.8, 4) is 0 Å². The van der Waals surface area contributed by atoms with Crippen LogP contribution in [0.25, 0.3) is 10.9 Å². The molecule has 1 N–H and O–H groups in total. The molecule has 0 aliphatic carbocycles. The van der Waals surface area contributed by atoms with Crippen LogP contribution >= 0.6 is 15.9 Å². The van der Waals surface area contributed by atoms with Crippen LogP contribution in [-0.2, 0) is 11.2 Å². The molecule has 1 aliphatic heterocycles. The fraction of sp³-hybridized carbons (Fsp3) is 0.357. The predicted octanol–water partition coefficient (Wildman–Crippen LogP) is 2.71. The number of hydrogen-bond donors (Lipinski definition) is 1. The van der Waals surface area contributed by atoms with E-state index in [1.807, 2.05) is 11.0 Å². The Labute approximate surface area is 114 Å². The van der Waals surface area contributed by atoms with Gasteiger partial charge in [0.2, 0.25) is 5.91 Å². The lowest BCUT2D eigenvalue weighted by Gasteiger charge is -2.15. The summed E-state index contributed by atoms with van der Waals surface area (Å²) in [6.07, 6.45) is 3.60. The highest BCUT2D eigenvalue weighted by Crippen LogP contribution is 2.21. The van der Waals surface area contributed by atoms with E-state index in [-0.39, 0.29) is 5.91 Å². The quantitative estimate of drug-likeness (QED) is 0.870. The summed E-state index contributed by atoms with van der Waals surface area (Å²) in [7, 11) is 0. The van der Waals surface area contributed by atoms with Gasteiger partial charge in [-0.25, -0.2) is 0 Å². The SMILES string of the molecule is O=C1CC(Br)CN1CCc1c[nH]c2ccccc12. The van der Waals surface area contributed by atoms with Gasteiger partial charge in [-0.2, -0.15) is 0 Å². The molecule has 4 heteroatoms. The Morgan fingerprint density at radius 1 is 1.39 bits per heavy atom. The number of likely N-dealkylation sites (tertiary alicyclic amines) is 1. The Balaban J connectivity index is 1.72. The maximum Gasteiger partial charge on any atom is 0.223 e.